The Hall–Kier alpha value is -5.20. The zero-order valence-electron chi connectivity index (χ0n) is 25.4. The molecule has 0 spiro atoms. The molecule has 0 saturated carbocycles. The minimum atomic E-state index is 1.29. The Morgan fingerprint density at radius 1 is 0.318 bits per heavy atom. The summed E-state index contributed by atoms with van der Waals surface area (Å²) in [5.74, 6) is 0. The van der Waals surface area contributed by atoms with Gasteiger partial charge < -0.3 is 0 Å². The van der Waals surface area contributed by atoms with E-state index >= 15 is 0 Å². The van der Waals surface area contributed by atoms with Crippen molar-refractivity contribution >= 4 is 64.6 Å². The van der Waals surface area contributed by atoms with E-state index < -0.39 is 0 Å². The third-order valence-electron chi connectivity index (χ3n) is 10.4. The summed E-state index contributed by atoms with van der Waals surface area (Å²) in [6.45, 7) is 8.99. The molecular weight excluding hydrogens is 528 g/mol. The van der Waals surface area contributed by atoms with E-state index in [0.29, 0.717) is 0 Å². The van der Waals surface area contributed by atoms with Gasteiger partial charge in [0.05, 0.1) is 0 Å². The first-order valence-corrected chi connectivity index (χ1v) is 15.7. The first kappa shape index (κ1) is 24.3. The van der Waals surface area contributed by atoms with Gasteiger partial charge in [-0.15, -0.1) is 0 Å². The van der Waals surface area contributed by atoms with Crippen LogP contribution < -0.4 is 0 Å². The molecule has 1 aliphatic rings. The summed E-state index contributed by atoms with van der Waals surface area (Å²) in [6.07, 6.45) is 0. The smallest absolute Gasteiger partial charge is 0.00171 e. The van der Waals surface area contributed by atoms with E-state index in [1.54, 1.807) is 0 Å². The summed E-state index contributed by atoms with van der Waals surface area (Å²) in [4.78, 5) is 0. The van der Waals surface area contributed by atoms with Gasteiger partial charge in [0.25, 0.3) is 0 Å². The number of hydrogen-bond acceptors (Lipinski definition) is 0. The summed E-state index contributed by atoms with van der Waals surface area (Å²) < 4.78 is 0. The highest BCUT2D eigenvalue weighted by atomic mass is 14.3. The number of rotatable bonds is 1. The molecule has 9 aromatic rings. The van der Waals surface area contributed by atoms with Crippen LogP contribution in [-0.2, 0) is 0 Å². The molecular formula is C44H30. The Balaban J connectivity index is 1.39. The van der Waals surface area contributed by atoms with Gasteiger partial charge in [-0.25, -0.2) is 0 Å². The van der Waals surface area contributed by atoms with Crippen LogP contribution in [0.5, 0.6) is 0 Å². The molecule has 0 radical (unpaired) electrons. The predicted octanol–water partition coefficient (Wildman–Crippen LogP) is 12.6. The van der Waals surface area contributed by atoms with Gasteiger partial charge in [-0.3, -0.25) is 0 Å². The molecule has 0 N–H and O–H groups in total. The molecule has 0 amide bonds. The average molecular weight is 559 g/mol. The van der Waals surface area contributed by atoms with Gasteiger partial charge >= 0.3 is 0 Å². The van der Waals surface area contributed by atoms with Crippen LogP contribution in [0.1, 0.15) is 22.3 Å². The van der Waals surface area contributed by atoms with Crippen molar-refractivity contribution < 1.29 is 0 Å². The lowest BCUT2D eigenvalue weighted by atomic mass is 9.85. The molecule has 0 bridgehead atoms. The van der Waals surface area contributed by atoms with Crippen molar-refractivity contribution in [3.63, 3.8) is 0 Å². The summed E-state index contributed by atoms with van der Waals surface area (Å²) in [5.41, 5.74) is 13.5. The fraction of sp³-hybridized carbons (Fsp3) is 0.0909. The van der Waals surface area contributed by atoms with Gasteiger partial charge in [-0.05, 0) is 149 Å². The Kier molecular flexibility index (Phi) is 4.55. The molecule has 0 heterocycles. The third-order valence-corrected chi connectivity index (χ3v) is 10.4. The number of benzene rings is 9. The lowest BCUT2D eigenvalue weighted by Crippen LogP contribution is -1.91. The molecule has 0 heteroatoms. The summed E-state index contributed by atoms with van der Waals surface area (Å²) in [6, 6.07) is 42.0. The molecule has 0 aromatic heterocycles. The van der Waals surface area contributed by atoms with E-state index in [9.17, 15) is 0 Å². The van der Waals surface area contributed by atoms with Crippen molar-refractivity contribution in [2.24, 2.45) is 0 Å². The van der Waals surface area contributed by atoms with Gasteiger partial charge in [0.1, 0.15) is 0 Å². The molecule has 0 unspecified atom stereocenters. The van der Waals surface area contributed by atoms with Crippen molar-refractivity contribution in [3.05, 3.63) is 131 Å². The van der Waals surface area contributed by atoms with Crippen molar-refractivity contribution in [1.29, 1.82) is 0 Å². The highest BCUT2D eigenvalue weighted by molar-refractivity contribution is 6.31. The normalized spacial score (nSPS) is 12.5. The Labute approximate surface area is 256 Å². The van der Waals surface area contributed by atoms with E-state index in [2.05, 4.69) is 137 Å². The van der Waals surface area contributed by atoms with Crippen LogP contribution in [0.3, 0.4) is 0 Å². The Morgan fingerprint density at radius 3 is 1.84 bits per heavy atom. The van der Waals surface area contributed by atoms with Crippen LogP contribution in [0, 0.1) is 27.7 Å². The monoisotopic (exact) mass is 558 g/mol. The second-order valence-corrected chi connectivity index (χ2v) is 13.1. The Bertz CT molecular complexity index is 2720. The quantitative estimate of drug-likeness (QED) is 0.176. The van der Waals surface area contributed by atoms with E-state index in [4.69, 9.17) is 0 Å². The maximum atomic E-state index is 2.50. The van der Waals surface area contributed by atoms with Crippen molar-refractivity contribution in [2.45, 2.75) is 27.7 Å². The molecule has 206 valence electrons. The molecule has 9 aromatic carbocycles. The second kappa shape index (κ2) is 8.24. The van der Waals surface area contributed by atoms with Crippen molar-refractivity contribution in [2.75, 3.05) is 0 Å². The van der Waals surface area contributed by atoms with E-state index in [1.165, 1.54) is 120 Å². The van der Waals surface area contributed by atoms with Gasteiger partial charge in [-0.1, -0.05) is 108 Å². The van der Waals surface area contributed by atoms with Gasteiger partial charge in [0, 0.05) is 0 Å². The van der Waals surface area contributed by atoms with E-state index in [1.807, 2.05) is 0 Å². The zero-order chi connectivity index (χ0) is 29.4. The second-order valence-electron chi connectivity index (χ2n) is 13.1. The topological polar surface area (TPSA) is 0 Å². The summed E-state index contributed by atoms with van der Waals surface area (Å²) in [7, 11) is 0. The fourth-order valence-electron chi connectivity index (χ4n) is 8.61. The van der Waals surface area contributed by atoms with Crippen LogP contribution in [-0.4, -0.2) is 0 Å². The number of fused-ring (bicyclic) bond motifs is 7. The molecule has 1 aliphatic carbocycles. The minimum Gasteiger partial charge on any atom is -0.0610 e. The maximum Gasteiger partial charge on any atom is -0.00171 e. The van der Waals surface area contributed by atoms with Crippen LogP contribution in [0.15, 0.2) is 109 Å². The van der Waals surface area contributed by atoms with Gasteiger partial charge in [0.15, 0.2) is 0 Å². The highest BCUT2D eigenvalue weighted by Gasteiger charge is 2.27. The van der Waals surface area contributed by atoms with E-state index in [-0.39, 0.29) is 0 Å². The first-order valence-electron chi connectivity index (χ1n) is 15.7. The van der Waals surface area contributed by atoms with Crippen molar-refractivity contribution in [3.8, 4) is 33.4 Å². The van der Waals surface area contributed by atoms with Crippen LogP contribution >= 0.6 is 0 Å². The summed E-state index contributed by atoms with van der Waals surface area (Å²) in [5, 5.41) is 16.1. The third kappa shape index (κ3) is 2.98. The first-order chi connectivity index (χ1) is 21.5. The molecule has 10 rings (SSSR count). The summed E-state index contributed by atoms with van der Waals surface area (Å²) >= 11 is 0. The SMILES string of the molecule is Cc1cc(C)c2c(c1)-c1cc3c4ccc(C)cc4c(-c4ccc5ccc6cccc7ccc4c5c67)cc3c3ccc(C)c-2c13. The van der Waals surface area contributed by atoms with Crippen LogP contribution in [0.25, 0.3) is 98.0 Å². The molecule has 44 heavy (non-hydrogen) atoms. The van der Waals surface area contributed by atoms with E-state index in [0.717, 1.165) is 0 Å². The molecule has 0 atom stereocenters. The van der Waals surface area contributed by atoms with Gasteiger partial charge in [0.2, 0.25) is 0 Å². The standard InChI is InChI=1S/C44H30/c1-23-8-14-31-34(19-23)35(30-16-12-29-11-10-27-6-5-7-28-13-17-32(30)43(29)42(27)28)21-37-33-15-9-25(3)41-40-26(4)18-24(2)20-38(40)39(44(33)41)22-36(31)37/h5-22H,1-4H3. The van der Waals surface area contributed by atoms with Gasteiger partial charge in [-0.2, -0.15) is 0 Å². The highest BCUT2D eigenvalue weighted by Crippen LogP contribution is 2.54. The van der Waals surface area contributed by atoms with Crippen LogP contribution in [0.4, 0.5) is 0 Å². The molecule has 0 aliphatic heterocycles. The van der Waals surface area contributed by atoms with Crippen LogP contribution in [0.2, 0.25) is 0 Å². The largest absolute Gasteiger partial charge is 0.0610 e. The molecule has 0 nitrogen and oxygen atoms in total. The number of hydrogen-bond donors (Lipinski definition) is 0. The lowest BCUT2D eigenvalue weighted by Gasteiger charge is -2.18. The maximum absolute atomic E-state index is 2.50. The minimum absolute atomic E-state index is 1.29. The molecule has 0 fully saturated rings. The number of aryl methyl sites for hydroxylation is 4. The Morgan fingerprint density at radius 2 is 1.00 bits per heavy atom. The zero-order valence-corrected chi connectivity index (χ0v) is 25.4. The lowest BCUT2D eigenvalue weighted by molar-refractivity contribution is 1.38. The molecule has 0 saturated heterocycles. The fourth-order valence-corrected chi connectivity index (χ4v) is 8.61. The predicted molar refractivity (Wildman–Crippen MR) is 191 cm³/mol. The van der Waals surface area contributed by atoms with Crippen molar-refractivity contribution in [1.82, 2.24) is 0 Å². The average Bonchev–Trinajstić information content (AvgIpc) is 3.36.